The van der Waals surface area contributed by atoms with Gasteiger partial charge in [0, 0.05) is 6.04 Å². The van der Waals surface area contributed by atoms with Crippen LogP contribution in [0.25, 0.3) is 16.7 Å². The molecule has 0 spiro atoms. The number of carbonyl (C=O) groups is 1. The number of hydrogen-bond donors (Lipinski definition) is 1. The number of fused-ring (bicyclic) bond motifs is 3. The Labute approximate surface area is 202 Å². The molecule has 1 N–H and O–H groups in total. The van der Waals surface area contributed by atoms with Crippen molar-refractivity contribution in [3.63, 3.8) is 0 Å². The predicted molar refractivity (Wildman–Crippen MR) is 135 cm³/mol. The zero-order valence-electron chi connectivity index (χ0n) is 19.5. The van der Waals surface area contributed by atoms with E-state index in [1.165, 1.54) is 18.2 Å². The van der Waals surface area contributed by atoms with Gasteiger partial charge in [0.05, 0.1) is 23.2 Å². The number of nitrogens with one attached hydrogen (secondary N) is 1. The van der Waals surface area contributed by atoms with Crippen molar-refractivity contribution in [2.45, 2.75) is 50.9 Å². The number of amides is 1. The quantitative estimate of drug-likeness (QED) is 0.424. The molecular formula is C26H29N5O2S. The van der Waals surface area contributed by atoms with Crippen LogP contribution in [0.2, 0.25) is 0 Å². The van der Waals surface area contributed by atoms with Gasteiger partial charge in [-0.15, -0.1) is 10.2 Å². The number of thioether (sulfide) groups is 1. The van der Waals surface area contributed by atoms with Gasteiger partial charge in [-0.3, -0.25) is 18.6 Å². The molecule has 3 unspecified atom stereocenters. The lowest BCUT2D eigenvalue weighted by molar-refractivity contribution is -0.120. The van der Waals surface area contributed by atoms with E-state index in [1.54, 1.807) is 4.57 Å². The molecule has 5 rings (SSSR count). The second-order valence-electron chi connectivity index (χ2n) is 9.24. The third-order valence-corrected chi connectivity index (χ3v) is 7.98. The normalized spacial score (nSPS) is 20.6. The molecule has 4 aromatic rings. The second-order valence-corrected chi connectivity index (χ2v) is 10.2. The summed E-state index contributed by atoms with van der Waals surface area (Å²) in [6.45, 7) is 4.89. The van der Waals surface area contributed by atoms with Crippen LogP contribution in [0.1, 0.15) is 38.7 Å². The van der Waals surface area contributed by atoms with Gasteiger partial charge >= 0.3 is 0 Å². The van der Waals surface area contributed by atoms with Gasteiger partial charge in [0.15, 0.2) is 5.16 Å². The molecule has 7 nitrogen and oxygen atoms in total. The number of rotatable bonds is 6. The number of nitrogens with zero attached hydrogens (tertiary/aromatic N) is 4. The van der Waals surface area contributed by atoms with E-state index in [9.17, 15) is 9.59 Å². The molecule has 2 aromatic heterocycles. The smallest absolute Gasteiger partial charge is 0.263 e. The zero-order valence-corrected chi connectivity index (χ0v) is 20.3. The molecule has 1 saturated carbocycles. The summed E-state index contributed by atoms with van der Waals surface area (Å²) < 4.78 is 3.54. The van der Waals surface area contributed by atoms with E-state index in [2.05, 4.69) is 29.4 Å². The average Bonchev–Trinajstić information content (AvgIpc) is 3.28. The monoisotopic (exact) mass is 475 g/mol. The number of benzene rings is 2. The van der Waals surface area contributed by atoms with Crippen molar-refractivity contribution in [2.24, 2.45) is 11.8 Å². The summed E-state index contributed by atoms with van der Waals surface area (Å²) in [4.78, 5) is 26.1. The first kappa shape index (κ1) is 22.7. The van der Waals surface area contributed by atoms with Gasteiger partial charge in [0.2, 0.25) is 11.7 Å². The maximum absolute atomic E-state index is 13.3. The fourth-order valence-corrected chi connectivity index (χ4v) is 5.65. The van der Waals surface area contributed by atoms with Crippen molar-refractivity contribution in [2.75, 3.05) is 5.75 Å². The van der Waals surface area contributed by atoms with E-state index >= 15 is 0 Å². The molecule has 8 heteroatoms. The molecule has 1 fully saturated rings. The fourth-order valence-electron chi connectivity index (χ4n) is 4.90. The molecular weight excluding hydrogens is 446 g/mol. The van der Waals surface area contributed by atoms with Gasteiger partial charge in [-0.25, -0.2) is 0 Å². The van der Waals surface area contributed by atoms with E-state index in [-0.39, 0.29) is 23.3 Å². The van der Waals surface area contributed by atoms with Crippen molar-refractivity contribution in [3.8, 4) is 0 Å². The second kappa shape index (κ2) is 9.62. The van der Waals surface area contributed by atoms with Crippen molar-refractivity contribution < 1.29 is 4.79 Å². The molecule has 2 aromatic carbocycles. The molecule has 1 aliphatic carbocycles. The van der Waals surface area contributed by atoms with Crippen LogP contribution >= 0.6 is 11.8 Å². The molecule has 0 aliphatic heterocycles. The van der Waals surface area contributed by atoms with Crippen LogP contribution in [0.5, 0.6) is 0 Å². The van der Waals surface area contributed by atoms with E-state index in [0.29, 0.717) is 34.7 Å². The van der Waals surface area contributed by atoms with E-state index in [1.807, 2.05) is 59.0 Å². The van der Waals surface area contributed by atoms with Crippen LogP contribution in [-0.4, -0.2) is 36.9 Å². The van der Waals surface area contributed by atoms with Crippen molar-refractivity contribution >= 4 is 34.3 Å². The molecule has 2 heterocycles. The predicted octanol–water partition coefficient (Wildman–Crippen LogP) is 4.13. The average molecular weight is 476 g/mol. The first-order valence-electron chi connectivity index (χ1n) is 11.9. The Morgan fingerprint density at radius 3 is 2.65 bits per heavy atom. The molecule has 176 valence electrons. The Morgan fingerprint density at radius 2 is 1.82 bits per heavy atom. The fraction of sp³-hybridized carbons (Fsp3) is 0.385. The lowest BCUT2D eigenvalue weighted by atomic mass is 9.78. The molecule has 0 saturated heterocycles. The topological polar surface area (TPSA) is 81.3 Å². The van der Waals surface area contributed by atoms with Crippen molar-refractivity contribution in [1.82, 2.24) is 24.5 Å². The Kier molecular flexibility index (Phi) is 6.41. The van der Waals surface area contributed by atoms with Gasteiger partial charge in [-0.2, -0.15) is 0 Å². The molecule has 0 bridgehead atoms. The van der Waals surface area contributed by atoms with Gasteiger partial charge in [0.1, 0.15) is 0 Å². The molecule has 0 radical (unpaired) electrons. The third-order valence-electron chi connectivity index (χ3n) is 7.05. The first-order chi connectivity index (χ1) is 16.5. The van der Waals surface area contributed by atoms with Crippen LogP contribution in [0.4, 0.5) is 0 Å². The maximum atomic E-state index is 13.3. The summed E-state index contributed by atoms with van der Waals surface area (Å²) in [6.07, 6.45) is 3.42. The number of para-hydroxylation sites is 1. The Balaban J connectivity index is 1.44. The van der Waals surface area contributed by atoms with Crippen molar-refractivity contribution in [3.05, 3.63) is 70.5 Å². The molecule has 1 amide bonds. The highest BCUT2D eigenvalue weighted by atomic mass is 32.2. The van der Waals surface area contributed by atoms with Gasteiger partial charge in [-0.1, -0.05) is 80.9 Å². The minimum Gasteiger partial charge on any atom is -0.352 e. The Bertz CT molecular complexity index is 1380. The third kappa shape index (κ3) is 4.34. The summed E-state index contributed by atoms with van der Waals surface area (Å²) in [5.41, 5.74) is 1.65. The largest absolute Gasteiger partial charge is 0.352 e. The highest BCUT2D eigenvalue weighted by Gasteiger charge is 2.28. The van der Waals surface area contributed by atoms with Crippen LogP contribution in [0.3, 0.4) is 0 Å². The first-order valence-corrected chi connectivity index (χ1v) is 12.8. The Morgan fingerprint density at radius 1 is 1.06 bits per heavy atom. The van der Waals surface area contributed by atoms with Crippen LogP contribution in [-0.2, 0) is 11.3 Å². The lowest BCUT2D eigenvalue weighted by Crippen LogP contribution is -2.44. The Hall–Kier alpha value is -3.13. The minimum atomic E-state index is -0.103. The van der Waals surface area contributed by atoms with Gasteiger partial charge in [-0.05, 0) is 36.0 Å². The summed E-state index contributed by atoms with van der Waals surface area (Å²) >= 11 is 1.35. The van der Waals surface area contributed by atoms with Gasteiger partial charge < -0.3 is 5.32 Å². The molecule has 34 heavy (non-hydrogen) atoms. The maximum Gasteiger partial charge on any atom is 0.263 e. The van der Waals surface area contributed by atoms with Crippen LogP contribution < -0.4 is 10.9 Å². The highest BCUT2D eigenvalue weighted by molar-refractivity contribution is 7.99. The van der Waals surface area contributed by atoms with Gasteiger partial charge in [0.25, 0.3) is 5.56 Å². The van der Waals surface area contributed by atoms with E-state index in [4.69, 9.17) is 0 Å². The highest BCUT2D eigenvalue weighted by Crippen LogP contribution is 2.29. The van der Waals surface area contributed by atoms with Crippen molar-refractivity contribution in [1.29, 1.82) is 0 Å². The summed E-state index contributed by atoms with van der Waals surface area (Å²) in [5, 5.41) is 13.2. The standard InChI is InChI=1S/C26H29N5O2S/c1-17-9-8-13-21(18(17)2)27-23(32)16-34-26-29-28-25-30(15-19-10-4-3-5-11-19)24(33)20-12-6-7-14-22(20)31(25)26/h3-7,10-12,14,17-18,21H,8-9,13,15-16H2,1-2H3,(H,27,32). The van der Waals surface area contributed by atoms with E-state index in [0.717, 1.165) is 23.9 Å². The number of aromatic nitrogens is 4. The lowest BCUT2D eigenvalue weighted by Gasteiger charge is -2.34. The molecule has 1 aliphatic rings. The zero-order chi connectivity index (χ0) is 23.7. The number of hydrogen-bond acceptors (Lipinski definition) is 5. The molecule has 3 atom stereocenters. The van der Waals surface area contributed by atoms with Crippen LogP contribution in [0, 0.1) is 11.8 Å². The summed E-state index contributed by atoms with van der Waals surface area (Å²) in [6, 6.07) is 17.5. The minimum absolute atomic E-state index is 0.00890. The van der Waals surface area contributed by atoms with Crippen LogP contribution in [0.15, 0.2) is 64.5 Å². The SMILES string of the molecule is CC1CCCC(NC(=O)CSc2nnc3n(Cc4ccccc4)c(=O)c4ccccc4n23)C1C. The number of carbonyl (C=O) groups excluding carboxylic acids is 1. The summed E-state index contributed by atoms with van der Waals surface area (Å²) in [7, 11) is 0. The summed E-state index contributed by atoms with van der Waals surface area (Å²) in [5.74, 6) is 1.84. The van der Waals surface area contributed by atoms with E-state index < -0.39 is 0 Å².